The average molecular weight is 165 g/mol. The zero-order valence-electron chi connectivity index (χ0n) is 8.35. The summed E-state index contributed by atoms with van der Waals surface area (Å²) in [6.45, 7) is 6.69. The van der Waals surface area contributed by atoms with Crippen molar-refractivity contribution in [3.8, 4) is 12.3 Å². The quantitative estimate of drug-likeness (QED) is 0.618. The van der Waals surface area contributed by atoms with Gasteiger partial charge in [0.2, 0.25) is 0 Å². The van der Waals surface area contributed by atoms with Gasteiger partial charge in [-0.2, -0.15) is 0 Å². The van der Waals surface area contributed by atoms with Crippen LogP contribution in [0.15, 0.2) is 0 Å². The molecule has 0 aromatic rings. The first-order chi connectivity index (χ1) is 5.56. The van der Waals surface area contributed by atoms with Crippen molar-refractivity contribution in [2.45, 2.75) is 52.1 Å². The molecule has 1 N–H and O–H groups in total. The average Bonchev–Trinajstić information content (AvgIpc) is 2.31. The lowest BCUT2D eigenvalue weighted by Gasteiger charge is -2.29. The van der Waals surface area contributed by atoms with Crippen LogP contribution < -0.4 is 5.32 Å². The Hall–Kier alpha value is -0.480. The van der Waals surface area contributed by atoms with Crippen molar-refractivity contribution in [1.82, 2.24) is 5.32 Å². The SMILES string of the molecule is C#CC(C)NC1CCCC1(C)C. The Bertz CT molecular complexity index is 188. The van der Waals surface area contributed by atoms with Gasteiger partial charge < -0.3 is 5.32 Å². The summed E-state index contributed by atoms with van der Waals surface area (Å²) in [7, 11) is 0. The van der Waals surface area contributed by atoms with Crippen molar-refractivity contribution in [2.75, 3.05) is 0 Å². The zero-order valence-corrected chi connectivity index (χ0v) is 8.35. The second kappa shape index (κ2) is 3.49. The molecule has 2 unspecified atom stereocenters. The molecular weight excluding hydrogens is 146 g/mol. The van der Waals surface area contributed by atoms with E-state index in [2.05, 4.69) is 32.0 Å². The Labute approximate surface area is 75.9 Å². The summed E-state index contributed by atoms with van der Waals surface area (Å²) in [4.78, 5) is 0. The fourth-order valence-electron chi connectivity index (χ4n) is 1.99. The van der Waals surface area contributed by atoms with Gasteiger partial charge in [-0.05, 0) is 25.2 Å². The van der Waals surface area contributed by atoms with E-state index >= 15 is 0 Å². The molecule has 0 heterocycles. The molecule has 0 aromatic heterocycles. The molecule has 2 atom stereocenters. The maximum atomic E-state index is 5.33. The molecule has 0 saturated heterocycles. The van der Waals surface area contributed by atoms with Crippen molar-refractivity contribution in [2.24, 2.45) is 5.41 Å². The van der Waals surface area contributed by atoms with Gasteiger partial charge in [-0.25, -0.2) is 0 Å². The maximum Gasteiger partial charge on any atom is 0.0660 e. The molecule has 1 aliphatic rings. The Morgan fingerprint density at radius 2 is 2.25 bits per heavy atom. The van der Waals surface area contributed by atoms with Gasteiger partial charge in [-0.15, -0.1) is 6.42 Å². The first-order valence-electron chi connectivity index (χ1n) is 4.78. The zero-order chi connectivity index (χ0) is 9.19. The number of hydrogen-bond acceptors (Lipinski definition) is 1. The van der Waals surface area contributed by atoms with E-state index < -0.39 is 0 Å². The Morgan fingerprint density at radius 3 is 2.67 bits per heavy atom. The van der Waals surface area contributed by atoms with Crippen LogP contribution in [0.1, 0.15) is 40.0 Å². The lowest BCUT2D eigenvalue weighted by Crippen LogP contribution is -2.42. The lowest BCUT2D eigenvalue weighted by molar-refractivity contribution is 0.278. The smallest absolute Gasteiger partial charge is 0.0660 e. The molecule has 0 aromatic carbocycles. The predicted molar refractivity (Wildman–Crippen MR) is 52.9 cm³/mol. The normalized spacial score (nSPS) is 29.7. The topological polar surface area (TPSA) is 12.0 Å². The largest absolute Gasteiger partial charge is 0.301 e. The van der Waals surface area contributed by atoms with Crippen LogP contribution in [0.4, 0.5) is 0 Å². The molecule has 68 valence electrons. The van der Waals surface area contributed by atoms with Crippen LogP contribution in [0.2, 0.25) is 0 Å². The summed E-state index contributed by atoms with van der Waals surface area (Å²) in [5.41, 5.74) is 0.436. The number of hydrogen-bond donors (Lipinski definition) is 1. The summed E-state index contributed by atoms with van der Waals surface area (Å²) in [6.07, 6.45) is 9.26. The van der Waals surface area contributed by atoms with Gasteiger partial charge in [0.1, 0.15) is 0 Å². The standard InChI is InChI=1S/C11H19N/c1-5-9(2)12-10-7-6-8-11(10,3)4/h1,9-10,12H,6-8H2,2-4H3. The van der Waals surface area contributed by atoms with E-state index in [9.17, 15) is 0 Å². The molecule has 0 amide bonds. The van der Waals surface area contributed by atoms with Crippen LogP contribution in [0.25, 0.3) is 0 Å². The monoisotopic (exact) mass is 165 g/mol. The molecule has 0 aliphatic heterocycles. The third-order valence-electron chi connectivity index (χ3n) is 2.96. The van der Waals surface area contributed by atoms with E-state index in [4.69, 9.17) is 6.42 Å². The van der Waals surface area contributed by atoms with Gasteiger partial charge in [0.25, 0.3) is 0 Å². The second-order valence-corrected chi connectivity index (χ2v) is 4.49. The van der Waals surface area contributed by atoms with Crippen molar-refractivity contribution >= 4 is 0 Å². The Balaban J connectivity index is 2.48. The Morgan fingerprint density at radius 1 is 1.58 bits per heavy atom. The van der Waals surface area contributed by atoms with Gasteiger partial charge in [0.05, 0.1) is 6.04 Å². The fraction of sp³-hybridized carbons (Fsp3) is 0.818. The molecule has 0 radical (unpaired) electrons. The van der Waals surface area contributed by atoms with Gasteiger partial charge >= 0.3 is 0 Å². The lowest BCUT2D eigenvalue weighted by atomic mass is 9.87. The van der Waals surface area contributed by atoms with Crippen LogP contribution in [0.3, 0.4) is 0 Å². The van der Waals surface area contributed by atoms with Crippen LogP contribution in [-0.4, -0.2) is 12.1 Å². The number of nitrogens with one attached hydrogen (secondary N) is 1. The molecule has 1 saturated carbocycles. The molecule has 12 heavy (non-hydrogen) atoms. The fourth-order valence-corrected chi connectivity index (χ4v) is 1.99. The van der Waals surface area contributed by atoms with E-state index in [1.54, 1.807) is 0 Å². The summed E-state index contributed by atoms with van der Waals surface area (Å²) < 4.78 is 0. The van der Waals surface area contributed by atoms with E-state index in [0.29, 0.717) is 11.5 Å². The van der Waals surface area contributed by atoms with Crippen LogP contribution in [0.5, 0.6) is 0 Å². The maximum absolute atomic E-state index is 5.33. The van der Waals surface area contributed by atoms with Gasteiger partial charge in [-0.1, -0.05) is 26.2 Å². The number of terminal acetylenes is 1. The first-order valence-corrected chi connectivity index (χ1v) is 4.78. The van der Waals surface area contributed by atoms with Crippen LogP contribution in [0, 0.1) is 17.8 Å². The molecule has 1 heteroatoms. The molecule has 1 fully saturated rings. The molecule has 1 aliphatic carbocycles. The van der Waals surface area contributed by atoms with E-state index in [0.717, 1.165) is 0 Å². The van der Waals surface area contributed by atoms with Crippen LogP contribution in [-0.2, 0) is 0 Å². The third-order valence-corrected chi connectivity index (χ3v) is 2.96. The highest BCUT2D eigenvalue weighted by atomic mass is 15.0. The van der Waals surface area contributed by atoms with E-state index in [-0.39, 0.29) is 6.04 Å². The van der Waals surface area contributed by atoms with Gasteiger partial charge in [0, 0.05) is 6.04 Å². The van der Waals surface area contributed by atoms with Crippen molar-refractivity contribution in [3.63, 3.8) is 0 Å². The first kappa shape index (κ1) is 9.61. The predicted octanol–water partition coefficient (Wildman–Crippen LogP) is 2.18. The Kier molecular flexibility index (Phi) is 2.80. The minimum absolute atomic E-state index is 0.215. The van der Waals surface area contributed by atoms with Crippen molar-refractivity contribution in [1.29, 1.82) is 0 Å². The second-order valence-electron chi connectivity index (χ2n) is 4.49. The van der Waals surface area contributed by atoms with E-state index in [1.807, 2.05) is 0 Å². The highest BCUT2D eigenvalue weighted by Gasteiger charge is 2.34. The molecule has 1 nitrogen and oxygen atoms in total. The molecular formula is C11H19N. The van der Waals surface area contributed by atoms with E-state index in [1.165, 1.54) is 19.3 Å². The highest BCUT2D eigenvalue weighted by Crippen LogP contribution is 2.37. The minimum Gasteiger partial charge on any atom is -0.301 e. The summed E-state index contributed by atoms with van der Waals surface area (Å²) in [5, 5.41) is 3.48. The molecule has 0 spiro atoms. The third kappa shape index (κ3) is 2.01. The molecule has 1 rings (SSSR count). The summed E-state index contributed by atoms with van der Waals surface area (Å²) in [6, 6.07) is 0.830. The van der Waals surface area contributed by atoms with Gasteiger partial charge in [0.15, 0.2) is 0 Å². The summed E-state index contributed by atoms with van der Waals surface area (Å²) >= 11 is 0. The van der Waals surface area contributed by atoms with Gasteiger partial charge in [-0.3, -0.25) is 0 Å². The summed E-state index contributed by atoms with van der Waals surface area (Å²) in [5.74, 6) is 2.72. The highest BCUT2D eigenvalue weighted by molar-refractivity contribution is 5.00. The molecule has 0 bridgehead atoms. The van der Waals surface area contributed by atoms with Crippen molar-refractivity contribution < 1.29 is 0 Å². The van der Waals surface area contributed by atoms with Crippen molar-refractivity contribution in [3.05, 3.63) is 0 Å². The van der Waals surface area contributed by atoms with Crippen LogP contribution >= 0.6 is 0 Å². The number of rotatable bonds is 2. The minimum atomic E-state index is 0.215.